The highest BCUT2D eigenvalue weighted by Crippen LogP contribution is 2.30. The van der Waals surface area contributed by atoms with Crippen molar-refractivity contribution >= 4 is 44.8 Å². The molecule has 1 atom stereocenters. The summed E-state index contributed by atoms with van der Waals surface area (Å²) in [5.41, 5.74) is 0.773. The number of ether oxygens (including phenoxy) is 1. The van der Waals surface area contributed by atoms with E-state index in [-0.39, 0.29) is 41.2 Å². The molecule has 1 saturated carbocycles. The maximum absolute atomic E-state index is 14.3. The molecule has 0 spiro atoms. The van der Waals surface area contributed by atoms with Gasteiger partial charge in [-0.1, -0.05) is 56.0 Å². The van der Waals surface area contributed by atoms with Crippen LogP contribution in [0.5, 0.6) is 5.75 Å². The largest absolute Gasteiger partial charge is 0.497 e. The van der Waals surface area contributed by atoms with Crippen LogP contribution >= 0.6 is 11.6 Å². The number of carbonyl (C=O) groups excluding carboxylic acids is 2. The Labute approximate surface area is 274 Å². The van der Waals surface area contributed by atoms with Gasteiger partial charge in [0.25, 0.3) is 15.7 Å². The Morgan fingerprint density at radius 3 is 2.28 bits per heavy atom. The summed E-state index contributed by atoms with van der Waals surface area (Å²) in [5.74, 6) is -0.459. The van der Waals surface area contributed by atoms with Gasteiger partial charge in [0.05, 0.1) is 22.6 Å². The van der Waals surface area contributed by atoms with Crippen LogP contribution in [-0.2, 0) is 26.2 Å². The molecule has 46 heavy (non-hydrogen) atoms. The number of amides is 2. The Kier molecular flexibility index (Phi) is 11.6. The fourth-order valence-corrected chi connectivity index (χ4v) is 7.16. The Morgan fingerprint density at radius 1 is 1.04 bits per heavy atom. The number of hydrogen-bond donors (Lipinski definition) is 1. The fourth-order valence-electron chi connectivity index (χ4n) is 5.60. The average Bonchev–Trinajstić information content (AvgIpc) is 3.04. The van der Waals surface area contributed by atoms with Crippen LogP contribution in [0, 0.1) is 17.0 Å². The molecule has 3 aromatic rings. The topological polar surface area (TPSA) is 139 Å². The highest BCUT2D eigenvalue weighted by molar-refractivity contribution is 7.92. The lowest BCUT2D eigenvalue weighted by atomic mass is 9.95. The number of benzene rings is 3. The quantitative estimate of drug-likeness (QED) is 0.173. The monoisotopic (exact) mass is 670 g/mol. The van der Waals surface area contributed by atoms with Crippen LogP contribution in [-0.4, -0.2) is 55.8 Å². The molecular formula is C33H39ClN4O7S. The molecule has 0 bridgehead atoms. The summed E-state index contributed by atoms with van der Waals surface area (Å²) in [6.07, 6.45) is 5.16. The third-order valence-electron chi connectivity index (χ3n) is 8.21. The zero-order chi connectivity index (χ0) is 33.4. The maximum Gasteiger partial charge on any atom is 0.273 e. The molecule has 3 aromatic carbocycles. The Hall–Kier alpha value is -4.16. The summed E-state index contributed by atoms with van der Waals surface area (Å²) in [6, 6.07) is 15.7. The molecule has 0 radical (unpaired) electrons. The number of methoxy groups -OCH3 is 1. The number of aryl methyl sites for hydroxylation is 1. The predicted octanol–water partition coefficient (Wildman–Crippen LogP) is 6.02. The Morgan fingerprint density at radius 2 is 1.70 bits per heavy atom. The predicted molar refractivity (Wildman–Crippen MR) is 176 cm³/mol. The van der Waals surface area contributed by atoms with Crippen LogP contribution in [0.1, 0.15) is 56.6 Å². The summed E-state index contributed by atoms with van der Waals surface area (Å²) in [4.78, 5) is 40.0. The van der Waals surface area contributed by atoms with Gasteiger partial charge in [-0.05, 0) is 74.2 Å². The number of nitro groups is 1. The van der Waals surface area contributed by atoms with Crippen LogP contribution < -0.4 is 14.4 Å². The molecule has 0 heterocycles. The number of halogens is 1. The van der Waals surface area contributed by atoms with Gasteiger partial charge < -0.3 is 15.0 Å². The minimum atomic E-state index is -4.51. The molecular weight excluding hydrogens is 632 g/mol. The van der Waals surface area contributed by atoms with Crippen LogP contribution in [0.15, 0.2) is 71.6 Å². The lowest BCUT2D eigenvalue weighted by Gasteiger charge is -2.34. The normalized spacial score (nSPS) is 14.3. The van der Waals surface area contributed by atoms with E-state index in [2.05, 4.69) is 5.32 Å². The zero-order valence-corrected chi connectivity index (χ0v) is 27.7. The third kappa shape index (κ3) is 8.35. The first-order chi connectivity index (χ1) is 21.9. The maximum atomic E-state index is 14.3. The first-order valence-corrected chi connectivity index (χ1v) is 17.0. The van der Waals surface area contributed by atoms with Gasteiger partial charge in [0.1, 0.15) is 18.3 Å². The van der Waals surface area contributed by atoms with E-state index in [0.29, 0.717) is 21.9 Å². The minimum absolute atomic E-state index is 0.0105. The highest BCUT2D eigenvalue weighted by Gasteiger charge is 2.35. The lowest BCUT2D eigenvalue weighted by molar-refractivity contribution is -0.385. The molecule has 246 valence electrons. The van der Waals surface area contributed by atoms with E-state index in [1.165, 1.54) is 43.2 Å². The lowest BCUT2D eigenvalue weighted by Crippen LogP contribution is -2.54. The molecule has 1 fully saturated rings. The van der Waals surface area contributed by atoms with Gasteiger partial charge in [-0.15, -0.1) is 0 Å². The Bertz CT molecular complexity index is 1640. The molecule has 1 aliphatic carbocycles. The number of rotatable bonds is 13. The van der Waals surface area contributed by atoms with Gasteiger partial charge in [-0.2, -0.15) is 0 Å². The molecule has 0 saturated heterocycles. The standard InChI is InChI=1S/C33H39ClN4O7S/c1-4-30(33(40)35-26-8-6-5-7-9-26)36(21-24-11-13-25(34)14-12-24)32(39)22-37(27-15-17-28(45-3)18-16-27)46(43,44)29-19-10-23(2)31(20-29)38(41)42/h10-20,26,30H,4-9,21-22H2,1-3H3,(H,35,40). The van der Waals surface area contributed by atoms with Crippen molar-refractivity contribution in [2.75, 3.05) is 18.0 Å². The van der Waals surface area contributed by atoms with Gasteiger partial charge in [-0.25, -0.2) is 8.42 Å². The number of carbonyl (C=O) groups is 2. The summed E-state index contributed by atoms with van der Waals surface area (Å²) >= 11 is 6.10. The average molecular weight is 671 g/mol. The van der Waals surface area contributed by atoms with Gasteiger partial charge in [0.15, 0.2) is 0 Å². The van der Waals surface area contributed by atoms with Gasteiger partial charge in [-0.3, -0.25) is 24.0 Å². The molecule has 1 unspecified atom stereocenters. The van der Waals surface area contributed by atoms with Crippen LogP contribution in [0.25, 0.3) is 0 Å². The number of nitrogens with zero attached hydrogens (tertiary/aromatic N) is 3. The third-order valence-corrected chi connectivity index (χ3v) is 10.2. The minimum Gasteiger partial charge on any atom is -0.497 e. The first-order valence-electron chi connectivity index (χ1n) is 15.2. The van der Waals surface area contributed by atoms with E-state index >= 15 is 0 Å². The van der Waals surface area contributed by atoms with E-state index in [0.717, 1.165) is 42.5 Å². The molecule has 13 heteroatoms. The molecule has 0 aliphatic heterocycles. The molecule has 0 aromatic heterocycles. The molecule has 2 amide bonds. The molecule has 1 aliphatic rings. The van der Waals surface area contributed by atoms with Crippen molar-refractivity contribution in [3.63, 3.8) is 0 Å². The van der Waals surface area contributed by atoms with Crippen molar-refractivity contribution < 1.29 is 27.7 Å². The molecule has 4 rings (SSSR count). The first kappa shape index (κ1) is 34.7. The fraction of sp³-hybridized carbons (Fsp3) is 0.394. The summed E-state index contributed by atoms with van der Waals surface area (Å²) in [5, 5.41) is 15.3. The van der Waals surface area contributed by atoms with E-state index < -0.39 is 33.4 Å². The smallest absolute Gasteiger partial charge is 0.273 e. The van der Waals surface area contributed by atoms with Gasteiger partial charge >= 0.3 is 0 Å². The van der Waals surface area contributed by atoms with Crippen LogP contribution in [0.2, 0.25) is 5.02 Å². The number of nitro benzene ring substituents is 1. The van der Waals surface area contributed by atoms with Crippen molar-refractivity contribution in [3.05, 3.63) is 93.0 Å². The van der Waals surface area contributed by atoms with E-state index in [9.17, 15) is 28.1 Å². The summed E-state index contributed by atoms with van der Waals surface area (Å²) in [7, 11) is -3.04. The number of anilines is 1. The van der Waals surface area contributed by atoms with E-state index in [4.69, 9.17) is 16.3 Å². The second-order valence-electron chi connectivity index (χ2n) is 11.3. The van der Waals surface area contributed by atoms with Gasteiger partial charge in [0, 0.05) is 29.2 Å². The van der Waals surface area contributed by atoms with E-state index in [1.807, 2.05) is 0 Å². The number of sulfonamides is 1. The summed E-state index contributed by atoms with van der Waals surface area (Å²) in [6.45, 7) is 2.67. The van der Waals surface area contributed by atoms with Gasteiger partial charge in [0.2, 0.25) is 11.8 Å². The van der Waals surface area contributed by atoms with Crippen molar-refractivity contribution in [2.24, 2.45) is 0 Å². The molecule has 1 N–H and O–H groups in total. The SMILES string of the molecule is CCC(C(=O)NC1CCCCC1)N(Cc1ccc(Cl)cc1)C(=O)CN(c1ccc(OC)cc1)S(=O)(=O)c1ccc(C)c([N+](=O)[O-])c1. The number of hydrogen-bond acceptors (Lipinski definition) is 7. The number of nitrogens with one attached hydrogen (secondary N) is 1. The van der Waals surface area contributed by atoms with Crippen molar-refractivity contribution in [3.8, 4) is 5.75 Å². The second kappa shape index (κ2) is 15.4. The Balaban J connectivity index is 1.75. The zero-order valence-electron chi connectivity index (χ0n) is 26.1. The highest BCUT2D eigenvalue weighted by atomic mass is 35.5. The molecule has 11 nitrogen and oxygen atoms in total. The van der Waals surface area contributed by atoms with Crippen LogP contribution in [0.4, 0.5) is 11.4 Å². The van der Waals surface area contributed by atoms with Crippen LogP contribution in [0.3, 0.4) is 0 Å². The van der Waals surface area contributed by atoms with Crippen molar-refractivity contribution in [1.29, 1.82) is 0 Å². The van der Waals surface area contributed by atoms with Crippen molar-refractivity contribution in [2.45, 2.75) is 75.9 Å². The summed E-state index contributed by atoms with van der Waals surface area (Å²) < 4.78 is 34.5. The van der Waals surface area contributed by atoms with Crippen molar-refractivity contribution in [1.82, 2.24) is 10.2 Å². The second-order valence-corrected chi connectivity index (χ2v) is 13.6. The van der Waals surface area contributed by atoms with E-state index in [1.54, 1.807) is 43.3 Å².